The van der Waals surface area contributed by atoms with Crippen LogP contribution in [-0.2, 0) is 10.0 Å². The lowest BCUT2D eigenvalue weighted by Gasteiger charge is -2.10. The molecule has 27 heavy (non-hydrogen) atoms. The van der Waals surface area contributed by atoms with Gasteiger partial charge in [0, 0.05) is 19.8 Å². The van der Waals surface area contributed by atoms with Gasteiger partial charge in [0.25, 0.3) is 5.22 Å². The van der Waals surface area contributed by atoms with Gasteiger partial charge in [-0.25, -0.2) is 17.7 Å². The monoisotopic (exact) mass is 403 g/mol. The number of thioether (sulfide) groups is 1. The molecule has 0 aliphatic rings. The quantitative estimate of drug-likeness (QED) is 0.442. The standard InChI is InChI=1S/C18H17N3O4S2/c1-21(2)27(22,23)15-6-7-17-16(11-15)20-18(25-17)26-9-8-24-14-5-3-4-13(10-14)12-19/h3-7,10-11H,8-9H2,1-2H3. The van der Waals surface area contributed by atoms with Crippen LogP contribution in [0.4, 0.5) is 0 Å². The minimum atomic E-state index is -3.51. The fraction of sp³-hybridized carbons (Fsp3) is 0.222. The Kier molecular flexibility index (Phi) is 5.70. The number of ether oxygens (including phenoxy) is 1. The molecule has 0 aliphatic heterocycles. The van der Waals surface area contributed by atoms with E-state index in [1.54, 1.807) is 30.3 Å². The minimum Gasteiger partial charge on any atom is -0.493 e. The van der Waals surface area contributed by atoms with Crippen LogP contribution in [0, 0.1) is 11.3 Å². The van der Waals surface area contributed by atoms with E-state index in [-0.39, 0.29) is 4.90 Å². The van der Waals surface area contributed by atoms with E-state index < -0.39 is 10.0 Å². The molecular formula is C18H17N3O4S2. The molecule has 3 rings (SSSR count). The van der Waals surface area contributed by atoms with Gasteiger partial charge in [0.05, 0.1) is 23.1 Å². The maximum absolute atomic E-state index is 12.2. The molecule has 0 bridgehead atoms. The molecule has 3 aromatic rings. The summed E-state index contributed by atoms with van der Waals surface area (Å²) < 4.78 is 36.8. The van der Waals surface area contributed by atoms with Crippen LogP contribution in [0.2, 0.25) is 0 Å². The molecule has 0 fully saturated rings. The number of hydrogen-bond donors (Lipinski definition) is 0. The smallest absolute Gasteiger partial charge is 0.256 e. The zero-order valence-corrected chi connectivity index (χ0v) is 16.4. The minimum absolute atomic E-state index is 0.172. The molecule has 1 heterocycles. The summed E-state index contributed by atoms with van der Waals surface area (Å²) in [5.74, 6) is 1.22. The topological polar surface area (TPSA) is 96.4 Å². The molecule has 7 nitrogen and oxygen atoms in total. The number of hydrogen-bond acceptors (Lipinski definition) is 7. The molecule has 0 spiro atoms. The number of aromatic nitrogens is 1. The van der Waals surface area contributed by atoms with Crippen molar-refractivity contribution in [2.45, 2.75) is 10.1 Å². The van der Waals surface area contributed by atoms with E-state index in [0.29, 0.717) is 40.0 Å². The highest BCUT2D eigenvalue weighted by molar-refractivity contribution is 7.99. The van der Waals surface area contributed by atoms with Gasteiger partial charge in [-0.15, -0.1) is 0 Å². The number of benzene rings is 2. The van der Waals surface area contributed by atoms with Gasteiger partial charge in [-0.05, 0) is 36.4 Å². The maximum Gasteiger partial charge on any atom is 0.256 e. The molecule has 0 unspecified atom stereocenters. The number of fused-ring (bicyclic) bond motifs is 1. The SMILES string of the molecule is CN(C)S(=O)(=O)c1ccc2oc(SCCOc3cccc(C#N)c3)nc2c1. The number of nitrogens with zero attached hydrogens (tertiary/aromatic N) is 3. The summed E-state index contributed by atoms with van der Waals surface area (Å²) >= 11 is 1.37. The largest absolute Gasteiger partial charge is 0.493 e. The van der Waals surface area contributed by atoms with Crippen molar-refractivity contribution in [2.24, 2.45) is 0 Å². The Morgan fingerprint density at radius 3 is 2.81 bits per heavy atom. The van der Waals surface area contributed by atoms with E-state index >= 15 is 0 Å². The van der Waals surface area contributed by atoms with E-state index in [1.165, 1.54) is 38.0 Å². The Hall–Kier alpha value is -2.54. The fourth-order valence-electron chi connectivity index (χ4n) is 2.26. The fourth-order valence-corrected chi connectivity index (χ4v) is 3.84. The first-order valence-electron chi connectivity index (χ1n) is 7.99. The Morgan fingerprint density at radius 2 is 2.07 bits per heavy atom. The number of sulfonamides is 1. The van der Waals surface area contributed by atoms with Gasteiger partial charge in [0.2, 0.25) is 10.0 Å². The van der Waals surface area contributed by atoms with Crippen LogP contribution in [0.25, 0.3) is 11.1 Å². The van der Waals surface area contributed by atoms with Crippen molar-refractivity contribution in [1.29, 1.82) is 5.26 Å². The van der Waals surface area contributed by atoms with E-state index in [0.717, 1.165) is 4.31 Å². The lowest BCUT2D eigenvalue weighted by atomic mass is 10.2. The van der Waals surface area contributed by atoms with Crippen LogP contribution in [0.15, 0.2) is 57.0 Å². The Balaban J connectivity index is 1.63. The van der Waals surface area contributed by atoms with Crippen molar-refractivity contribution in [1.82, 2.24) is 9.29 Å². The first kappa shape index (κ1) is 19.2. The summed E-state index contributed by atoms with van der Waals surface area (Å²) in [7, 11) is -0.550. The van der Waals surface area contributed by atoms with E-state index in [9.17, 15) is 8.42 Å². The van der Waals surface area contributed by atoms with Crippen molar-refractivity contribution in [3.05, 3.63) is 48.0 Å². The molecule has 0 aliphatic carbocycles. The lowest BCUT2D eigenvalue weighted by molar-refractivity contribution is 0.343. The van der Waals surface area contributed by atoms with Crippen LogP contribution in [-0.4, -0.2) is 44.2 Å². The zero-order valence-electron chi connectivity index (χ0n) is 14.7. The molecule has 0 N–H and O–H groups in total. The normalized spacial score (nSPS) is 11.6. The Bertz CT molecular complexity index is 1100. The highest BCUT2D eigenvalue weighted by atomic mass is 32.2. The summed E-state index contributed by atoms with van der Waals surface area (Å²) in [5.41, 5.74) is 1.56. The zero-order chi connectivity index (χ0) is 19.4. The predicted molar refractivity (Wildman–Crippen MR) is 102 cm³/mol. The number of nitriles is 1. The van der Waals surface area contributed by atoms with Crippen LogP contribution in [0.1, 0.15) is 5.56 Å². The first-order valence-corrected chi connectivity index (χ1v) is 10.4. The van der Waals surface area contributed by atoms with Gasteiger partial charge < -0.3 is 9.15 Å². The average Bonchev–Trinajstić information content (AvgIpc) is 3.07. The highest BCUT2D eigenvalue weighted by Gasteiger charge is 2.19. The van der Waals surface area contributed by atoms with Gasteiger partial charge in [-0.1, -0.05) is 17.8 Å². The van der Waals surface area contributed by atoms with Gasteiger partial charge >= 0.3 is 0 Å². The van der Waals surface area contributed by atoms with Gasteiger partial charge in [-0.2, -0.15) is 5.26 Å². The van der Waals surface area contributed by atoms with Gasteiger partial charge in [-0.3, -0.25) is 0 Å². The molecule has 0 radical (unpaired) electrons. The van der Waals surface area contributed by atoms with Crippen LogP contribution < -0.4 is 4.74 Å². The summed E-state index contributed by atoms with van der Waals surface area (Å²) in [4.78, 5) is 4.50. The third kappa shape index (κ3) is 4.42. The second-order valence-electron chi connectivity index (χ2n) is 5.73. The number of oxazole rings is 1. The summed E-state index contributed by atoms with van der Waals surface area (Å²) in [5, 5.41) is 9.32. The lowest BCUT2D eigenvalue weighted by Crippen LogP contribution is -2.22. The highest BCUT2D eigenvalue weighted by Crippen LogP contribution is 2.26. The van der Waals surface area contributed by atoms with Crippen LogP contribution in [0.5, 0.6) is 5.75 Å². The molecular weight excluding hydrogens is 386 g/mol. The van der Waals surface area contributed by atoms with E-state index in [1.807, 2.05) is 0 Å². The molecule has 140 valence electrons. The first-order chi connectivity index (χ1) is 12.9. The second-order valence-corrected chi connectivity index (χ2v) is 8.93. The van der Waals surface area contributed by atoms with Gasteiger partial charge in [0.15, 0.2) is 5.58 Å². The molecule has 9 heteroatoms. The third-order valence-electron chi connectivity index (χ3n) is 3.66. The second kappa shape index (κ2) is 8.00. The number of rotatable bonds is 7. The molecule has 0 atom stereocenters. The van der Waals surface area contributed by atoms with Crippen molar-refractivity contribution < 1.29 is 17.6 Å². The van der Waals surface area contributed by atoms with Crippen LogP contribution in [0.3, 0.4) is 0 Å². The summed E-state index contributed by atoms with van der Waals surface area (Å²) in [6.07, 6.45) is 0. The van der Waals surface area contributed by atoms with Crippen molar-refractivity contribution >= 4 is 32.9 Å². The van der Waals surface area contributed by atoms with Gasteiger partial charge in [0.1, 0.15) is 11.3 Å². The molecule has 0 saturated heterocycles. The third-order valence-corrected chi connectivity index (χ3v) is 6.26. The maximum atomic E-state index is 12.2. The molecule has 1 aromatic heterocycles. The molecule has 2 aromatic carbocycles. The molecule has 0 amide bonds. The summed E-state index contributed by atoms with van der Waals surface area (Å²) in [6.45, 7) is 0.415. The van der Waals surface area contributed by atoms with E-state index in [4.69, 9.17) is 14.4 Å². The summed E-state index contributed by atoms with van der Waals surface area (Å²) in [6, 6.07) is 13.6. The van der Waals surface area contributed by atoms with Crippen molar-refractivity contribution in [3.63, 3.8) is 0 Å². The van der Waals surface area contributed by atoms with Crippen molar-refractivity contribution in [3.8, 4) is 11.8 Å². The predicted octanol–water partition coefficient (Wildman–Crippen LogP) is 3.12. The van der Waals surface area contributed by atoms with E-state index in [2.05, 4.69) is 11.1 Å². The van der Waals surface area contributed by atoms with Crippen molar-refractivity contribution in [2.75, 3.05) is 26.5 Å². The molecule has 0 saturated carbocycles. The van der Waals surface area contributed by atoms with Crippen LogP contribution >= 0.6 is 11.8 Å². The average molecular weight is 403 g/mol. The Labute approximate surface area is 161 Å². The Morgan fingerprint density at radius 1 is 1.26 bits per heavy atom.